The summed E-state index contributed by atoms with van der Waals surface area (Å²) in [5.41, 5.74) is 1.31. The van der Waals surface area contributed by atoms with E-state index in [0.717, 1.165) is 54.1 Å². The van der Waals surface area contributed by atoms with Crippen molar-refractivity contribution < 1.29 is 30.7 Å². The van der Waals surface area contributed by atoms with E-state index in [1.54, 1.807) is 37.3 Å². The van der Waals surface area contributed by atoms with Crippen LogP contribution in [0.4, 0.5) is 23.2 Å². The van der Waals surface area contributed by atoms with Crippen LogP contribution in [-0.4, -0.2) is 39.1 Å². The first-order chi connectivity index (χ1) is 20.3. The van der Waals surface area contributed by atoms with E-state index in [9.17, 15) is 26.0 Å². The zero-order valence-corrected chi connectivity index (χ0v) is 25.1. The molecule has 11 heteroatoms. The Labute approximate surface area is 254 Å². The van der Waals surface area contributed by atoms with Gasteiger partial charge < -0.3 is 9.64 Å². The lowest BCUT2D eigenvalue weighted by Crippen LogP contribution is -2.43. The molecule has 3 aromatic rings. The number of nitrogens with zero attached hydrogens (tertiary/aromatic N) is 2. The van der Waals surface area contributed by atoms with Gasteiger partial charge in [0.05, 0.1) is 27.7 Å². The Morgan fingerprint density at radius 1 is 1.09 bits per heavy atom. The fourth-order valence-corrected chi connectivity index (χ4v) is 7.33. The van der Waals surface area contributed by atoms with Crippen LogP contribution in [0.3, 0.4) is 0 Å². The summed E-state index contributed by atoms with van der Waals surface area (Å²) in [4.78, 5) is 1.72. The van der Waals surface area contributed by atoms with Crippen LogP contribution in [0.15, 0.2) is 77.8 Å². The van der Waals surface area contributed by atoms with Crippen molar-refractivity contribution in [3.05, 3.63) is 100 Å². The highest BCUT2D eigenvalue weighted by Gasteiger charge is 2.37. The highest BCUT2D eigenvalue weighted by molar-refractivity contribution is 7.92. The summed E-state index contributed by atoms with van der Waals surface area (Å²) in [5.74, 6) is -0.230. The minimum absolute atomic E-state index is 0.107. The van der Waals surface area contributed by atoms with Crippen molar-refractivity contribution in [2.45, 2.75) is 49.8 Å². The van der Waals surface area contributed by atoms with E-state index in [2.05, 4.69) is 11.5 Å². The lowest BCUT2D eigenvalue weighted by Gasteiger charge is -2.36. The van der Waals surface area contributed by atoms with Crippen molar-refractivity contribution in [3.8, 4) is 5.75 Å². The van der Waals surface area contributed by atoms with E-state index in [0.29, 0.717) is 30.0 Å². The summed E-state index contributed by atoms with van der Waals surface area (Å²) in [5, 5.41) is 0.224. The number of halogens is 5. The summed E-state index contributed by atoms with van der Waals surface area (Å²) in [6.07, 6.45) is -0.379. The van der Waals surface area contributed by atoms with E-state index in [4.69, 9.17) is 16.3 Å². The molecule has 1 fully saturated rings. The minimum Gasteiger partial charge on any atom is -0.486 e. The average molecular weight is 635 g/mol. The molecule has 1 saturated heterocycles. The monoisotopic (exact) mass is 634 g/mol. The van der Waals surface area contributed by atoms with Gasteiger partial charge in [-0.25, -0.2) is 12.8 Å². The third kappa shape index (κ3) is 6.70. The predicted octanol–water partition coefficient (Wildman–Crippen LogP) is 8.40. The fraction of sp³-hybridized carbons (Fsp3) is 0.312. The molecule has 0 spiro atoms. The standard InChI is InChI=1S/C32H31ClF4N2O3S/c1-21(31-27(33)9-6-10-28(31)34)17-23-12-14-30-29(18-23)39(20-25(42-30)13-11-22(2)38-15-3-4-16-38)43(40,41)26-8-5-7-24(19-26)32(35,36)37/h5-10,12,14,17-19,25H,2-4,11,13,15-16,20H2,1H3/b21-17+/t25-/m0/s1. The molecule has 2 heterocycles. The van der Waals surface area contributed by atoms with Crippen LogP contribution >= 0.6 is 11.6 Å². The van der Waals surface area contributed by atoms with Crippen LogP contribution in [0.25, 0.3) is 11.6 Å². The Hall–Kier alpha value is -3.50. The molecule has 5 nitrogen and oxygen atoms in total. The Balaban J connectivity index is 1.52. The van der Waals surface area contributed by atoms with Crippen LogP contribution in [0, 0.1) is 5.82 Å². The van der Waals surface area contributed by atoms with Gasteiger partial charge in [-0.2, -0.15) is 13.2 Å². The molecular formula is C32H31ClF4N2O3S. The molecular weight excluding hydrogens is 604 g/mol. The van der Waals surface area contributed by atoms with E-state index in [-0.39, 0.29) is 28.6 Å². The van der Waals surface area contributed by atoms with Crippen LogP contribution in [0.5, 0.6) is 5.75 Å². The van der Waals surface area contributed by atoms with E-state index >= 15 is 0 Å². The Kier molecular flexibility index (Phi) is 8.81. The van der Waals surface area contributed by atoms with Crippen molar-refractivity contribution in [3.63, 3.8) is 0 Å². The zero-order valence-electron chi connectivity index (χ0n) is 23.5. The number of sulfonamides is 1. The molecule has 0 bridgehead atoms. The van der Waals surface area contributed by atoms with Gasteiger partial charge in [0.25, 0.3) is 10.0 Å². The van der Waals surface area contributed by atoms with Gasteiger partial charge in [-0.05, 0) is 86.2 Å². The molecule has 0 unspecified atom stereocenters. The molecule has 0 radical (unpaired) electrons. The number of benzene rings is 3. The molecule has 2 aliphatic heterocycles. The number of fused-ring (bicyclic) bond motifs is 1. The number of hydrogen-bond donors (Lipinski definition) is 0. The summed E-state index contributed by atoms with van der Waals surface area (Å²) >= 11 is 6.23. The molecule has 5 rings (SSSR count). The number of ether oxygens (including phenoxy) is 1. The van der Waals surface area contributed by atoms with Crippen molar-refractivity contribution in [1.29, 1.82) is 0 Å². The molecule has 0 aromatic heterocycles. The summed E-state index contributed by atoms with van der Waals surface area (Å²) in [6, 6.07) is 13.0. The predicted molar refractivity (Wildman–Crippen MR) is 161 cm³/mol. The molecule has 3 aromatic carbocycles. The first-order valence-electron chi connectivity index (χ1n) is 13.9. The maximum Gasteiger partial charge on any atom is 0.416 e. The molecule has 0 saturated carbocycles. The van der Waals surface area contributed by atoms with Gasteiger partial charge >= 0.3 is 6.18 Å². The molecule has 2 aliphatic rings. The number of anilines is 1. The smallest absolute Gasteiger partial charge is 0.416 e. The molecule has 0 N–H and O–H groups in total. The Morgan fingerprint density at radius 3 is 2.51 bits per heavy atom. The van der Waals surface area contributed by atoms with E-state index in [1.807, 2.05) is 0 Å². The van der Waals surface area contributed by atoms with Gasteiger partial charge in [0.1, 0.15) is 17.7 Å². The third-order valence-electron chi connectivity index (χ3n) is 7.71. The van der Waals surface area contributed by atoms with Gasteiger partial charge in [-0.3, -0.25) is 4.31 Å². The number of allylic oxidation sites excluding steroid dienone is 2. The first kappa shape index (κ1) is 30.9. The highest BCUT2D eigenvalue weighted by atomic mass is 35.5. The lowest BCUT2D eigenvalue weighted by molar-refractivity contribution is -0.137. The molecule has 0 amide bonds. The highest BCUT2D eigenvalue weighted by Crippen LogP contribution is 2.41. The number of rotatable bonds is 8. The number of likely N-dealkylation sites (tertiary alicyclic amines) is 1. The van der Waals surface area contributed by atoms with Gasteiger partial charge in [0, 0.05) is 24.4 Å². The molecule has 0 aliphatic carbocycles. The maximum atomic E-state index is 14.5. The topological polar surface area (TPSA) is 49.9 Å². The second-order valence-corrected chi connectivity index (χ2v) is 13.0. The maximum absolute atomic E-state index is 14.5. The van der Waals surface area contributed by atoms with Gasteiger partial charge in [0.2, 0.25) is 0 Å². The van der Waals surface area contributed by atoms with Crippen molar-refractivity contribution in [2.75, 3.05) is 23.9 Å². The van der Waals surface area contributed by atoms with Crippen molar-refractivity contribution >= 4 is 39.0 Å². The lowest BCUT2D eigenvalue weighted by atomic mass is 10.0. The van der Waals surface area contributed by atoms with E-state index < -0.39 is 38.6 Å². The normalized spacial score (nSPS) is 17.5. The SMILES string of the molecule is C=C(CC[C@H]1CN(S(=O)(=O)c2cccc(C(F)(F)F)c2)c2cc(/C=C(\C)c3c(F)cccc3Cl)ccc2O1)N1CCCC1. The van der Waals surface area contributed by atoms with Crippen LogP contribution in [0.1, 0.15) is 49.3 Å². The minimum atomic E-state index is -4.71. The van der Waals surface area contributed by atoms with Crippen LogP contribution in [-0.2, 0) is 16.2 Å². The summed E-state index contributed by atoms with van der Waals surface area (Å²) < 4.78 is 90.3. The first-order valence-corrected chi connectivity index (χ1v) is 15.7. The fourth-order valence-electron chi connectivity index (χ4n) is 5.47. The largest absolute Gasteiger partial charge is 0.486 e. The molecule has 1 atom stereocenters. The third-order valence-corrected chi connectivity index (χ3v) is 9.80. The second kappa shape index (κ2) is 12.2. The zero-order chi connectivity index (χ0) is 30.9. The Bertz CT molecular complexity index is 1650. The van der Waals surface area contributed by atoms with Gasteiger partial charge in [0.15, 0.2) is 0 Å². The van der Waals surface area contributed by atoms with E-state index in [1.165, 1.54) is 12.1 Å². The quantitative estimate of drug-likeness (QED) is 0.184. The molecule has 228 valence electrons. The average Bonchev–Trinajstić information content (AvgIpc) is 3.50. The number of alkyl halides is 3. The van der Waals surface area contributed by atoms with Crippen molar-refractivity contribution in [1.82, 2.24) is 4.90 Å². The van der Waals surface area contributed by atoms with Crippen molar-refractivity contribution in [2.24, 2.45) is 0 Å². The van der Waals surface area contributed by atoms with Gasteiger partial charge in [-0.1, -0.05) is 42.5 Å². The van der Waals surface area contributed by atoms with Gasteiger partial charge in [-0.15, -0.1) is 0 Å². The second-order valence-electron chi connectivity index (χ2n) is 10.8. The molecule has 43 heavy (non-hydrogen) atoms. The summed E-state index contributed by atoms with van der Waals surface area (Å²) in [6.45, 7) is 7.61. The Morgan fingerprint density at radius 2 is 1.81 bits per heavy atom. The summed E-state index contributed by atoms with van der Waals surface area (Å²) in [7, 11) is -4.44. The van der Waals surface area contributed by atoms with Crippen LogP contribution in [0.2, 0.25) is 5.02 Å². The number of hydrogen-bond acceptors (Lipinski definition) is 4. The van der Waals surface area contributed by atoms with Crippen LogP contribution < -0.4 is 9.04 Å².